The Morgan fingerprint density at radius 3 is 2.47 bits per heavy atom. The molecule has 0 fully saturated rings. The molecule has 0 heterocycles. The molecule has 2 rings (SSSR count). The van der Waals surface area contributed by atoms with E-state index in [1.165, 1.54) is 0 Å². The Balaban J connectivity index is 2.16. The van der Waals surface area contributed by atoms with Crippen molar-refractivity contribution in [1.29, 1.82) is 0 Å². The second-order valence-electron chi connectivity index (χ2n) is 4.54. The van der Waals surface area contributed by atoms with Crippen molar-refractivity contribution in [2.24, 2.45) is 0 Å². The summed E-state index contributed by atoms with van der Waals surface area (Å²) in [5, 5.41) is 3.04. The third kappa shape index (κ3) is 3.35. The molecule has 0 aliphatic carbocycles. The highest BCUT2D eigenvalue weighted by atomic mass is 127. The van der Waals surface area contributed by atoms with Crippen LogP contribution < -0.4 is 5.32 Å². The van der Waals surface area contributed by atoms with Crippen LogP contribution in [0.1, 0.15) is 34.5 Å². The number of aryl methyl sites for hydroxylation is 1. The number of carbonyl (C=O) groups excluding carboxylic acids is 1. The van der Waals surface area contributed by atoms with Crippen molar-refractivity contribution in [3.63, 3.8) is 0 Å². The van der Waals surface area contributed by atoms with E-state index in [9.17, 15) is 4.79 Å². The molecule has 0 saturated carbocycles. The first-order valence-corrected chi connectivity index (χ1v) is 7.28. The molecule has 0 radical (unpaired) electrons. The maximum absolute atomic E-state index is 12.3. The molecule has 98 valence electrons. The number of halogens is 1. The Hall–Kier alpha value is -1.36. The fourth-order valence-electron chi connectivity index (χ4n) is 1.92. The lowest BCUT2D eigenvalue weighted by Crippen LogP contribution is -2.27. The van der Waals surface area contributed by atoms with Gasteiger partial charge in [-0.2, -0.15) is 0 Å². The molecule has 0 saturated heterocycles. The van der Waals surface area contributed by atoms with E-state index in [0.29, 0.717) is 0 Å². The molecule has 19 heavy (non-hydrogen) atoms. The van der Waals surface area contributed by atoms with Gasteiger partial charge in [0.25, 0.3) is 5.91 Å². The zero-order chi connectivity index (χ0) is 13.8. The molecule has 1 atom stereocenters. The first-order valence-electron chi connectivity index (χ1n) is 6.20. The molecule has 2 aromatic carbocycles. The molecule has 0 aliphatic rings. The van der Waals surface area contributed by atoms with Crippen molar-refractivity contribution in [2.75, 3.05) is 0 Å². The second kappa shape index (κ2) is 6.19. The SMILES string of the molecule is Cc1cccc(C(=O)N[C@H](C)c2ccccc2)c1I. The largest absolute Gasteiger partial charge is 0.345 e. The lowest BCUT2D eigenvalue weighted by molar-refractivity contribution is 0.0939. The van der Waals surface area contributed by atoms with E-state index in [0.717, 1.165) is 20.3 Å². The van der Waals surface area contributed by atoms with Crippen molar-refractivity contribution in [3.8, 4) is 0 Å². The summed E-state index contributed by atoms with van der Waals surface area (Å²) in [7, 11) is 0. The van der Waals surface area contributed by atoms with Crippen LogP contribution in [0.2, 0.25) is 0 Å². The van der Waals surface area contributed by atoms with Gasteiger partial charge < -0.3 is 5.32 Å². The summed E-state index contributed by atoms with van der Waals surface area (Å²) < 4.78 is 1.01. The van der Waals surface area contributed by atoms with Crippen LogP contribution in [0.25, 0.3) is 0 Å². The quantitative estimate of drug-likeness (QED) is 0.816. The summed E-state index contributed by atoms with van der Waals surface area (Å²) in [6.07, 6.45) is 0. The normalized spacial score (nSPS) is 11.9. The highest BCUT2D eigenvalue weighted by molar-refractivity contribution is 14.1. The zero-order valence-electron chi connectivity index (χ0n) is 11.0. The van der Waals surface area contributed by atoms with Gasteiger partial charge in [0.15, 0.2) is 0 Å². The van der Waals surface area contributed by atoms with Crippen molar-refractivity contribution >= 4 is 28.5 Å². The molecular formula is C16H16INO. The smallest absolute Gasteiger partial charge is 0.252 e. The summed E-state index contributed by atoms with van der Waals surface area (Å²) in [6.45, 7) is 4.01. The molecule has 0 aromatic heterocycles. The average Bonchev–Trinajstić information content (AvgIpc) is 2.42. The van der Waals surface area contributed by atoms with Crippen LogP contribution >= 0.6 is 22.6 Å². The summed E-state index contributed by atoms with van der Waals surface area (Å²) in [5.41, 5.74) is 2.97. The third-order valence-electron chi connectivity index (χ3n) is 3.08. The van der Waals surface area contributed by atoms with Crippen LogP contribution in [-0.2, 0) is 0 Å². The van der Waals surface area contributed by atoms with Crippen LogP contribution in [0.5, 0.6) is 0 Å². The van der Waals surface area contributed by atoms with E-state index in [1.807, 2.05) is 62.4 Å². The molecule has 1 N–H and O–H groups in total. The number of amides is 1. The van der Waals surface area contributed by atoms with Crippen molar-refractivity contribution in [1.82, 2.24) is 5.32 Å². The molecule has 0 aliphatic heterocycles. The fourth-order valence-corrected chi connectivity index (χ4v) is 2.53. The number of nitrogens with one attached hydrogen (secondary N) is 1. The monoisotopic (exact) mass is 365 g/mol. The van der Waals surface area contributed by atoms with Crippen molar-refractivity contribution < 1.29 is 4.79 Å². The van der Waals surface area contributed by atoms with Gasteiger partial charge in [0, 0.05) is 3.57 Å². The predicted molar refractivity (Wildman–Crippen MR) is 86.2 cm³/mol. The topological polar surface area (TPSA) is 29.1 Å². The van der Waals surface area contributed by atoms with E-state index >= 15 is 0 Å². The second-order valence-corrected chi connectivity index (χ2v) is 5.62. The Bertz CT molecular complexity index is 581. The molecule has 0 spiro atoms. The summed E-state index contributed by atoms with van der Waals surface area (Å²) >= 11 is 2.22. The zero-order valence-corrected chi connectivity index (χ0v) is 13.1. The fraction of sp³-hybridized carbons (Fsp3) is 0.188. The third-order valence-corrected chi connectivity index (χ3v) is 4.52. The first kappa shape index (κ1) is 14.1. The van der Waals surface area contributed by atoms with Crippen LogP contribution in [0.15, 0.2) is 48.5 Å². The van der Waals surface area contributed by atoms with Crippen LogP contribution in [0.4, 0.5) is 0 Å². The molecule has 0 unspecified atom stereocenters. The van der Waals surface area contributed by atoms with Crippen molar-refractivity contribution in [3.05, 3.63) is 68.8 Å². The van der Waals surface area contributed by atoms with Gasteiger partial charge in [0.1, 0.15) is 0 Å². The predicted octanol–water partition coefficient (Wildman–Crippen LogP) is 4.09. The van der Waals surface area contributed by atoms with Gasteiger partial charge in [-0.15, -0.1) is 0 Å². The average molecular weight is 365 g/mol. The highest BCUT2D eigenvalue weighted by Crippen LogP contribution is 2.18. The minimum absolute atomic E-state index is 0.00464. The van der Waals surface area contributed by atoms with E-state index < -0.39 is 0 Å². The Labute approximate surface area is 127 Å². The summed E-state index contributed by atoms with van der Waals surface area (Å²) in [6, 6.07) is 15.8. The van der Waals surface area contributed by atoms with Crippen molar-refractivity contribution in [2.45, 2.75) is 19.9 Å². The van der Waals surface area contributed by atoms with Gasteiger partial charge in [-0.05, 0) is 53.6 Å². The maximum Gasteiger partial charge on any atom is 0.252 e. The summed E-state index contributed by atoms with van der Waals surface area (Å²) in [5.74, 6) is -0.0237. The number of rotatable bonds is 3. The van der Waals surface area contributed by atoms with E-state index in [-0.39, 0.29) is 11.9 Å². The number of benzene rings is 2. The number of carbonyl (C=O) groups is 1. The lowest BCUT2D eigenvalue weighted by Gasteiger charge is -2.15. The van der Waals surface area contributed by atoms with Gasteiger partial charge >= 0.3 is 0 Å². The molecule has 0 bridgehead atoms. The molecule has 2 nitrogen and oxygen atoms in total. The van der Waals surface area contributed by atoms with Crippen LogP contribution in [0, 0.1) is 10.5 Å². The Morgan fingerprint density at radius 2 is 1.79 bits per heavy atom. The molecule has 1 amide bonds. The van der Waals surface area contributed by atoms with Gasteiger partial charge in [0.05, 0.1) is 11.6 Å². The van der Waals surface area contributed by atoms with Crippen LogP contribution in [0.3, 0.4) is 0 Å². The minimum Gasteiger partial charge on any atom is -0.345 e. The number of hydrogen-bond acceptors (Lipinski definition) is 1. The summed E-state index contributed by atoms with van der Waals surface area (Å²) in [4.78, 5) is 12.3. The van der Waals surface area contributed by atoms with Gasteiger partial charge in [-0.3, -0.25) is 4.79 Å². The molecule has 2 aromatic rings. The minimum atomic E-state index is -0.0237. The standard InChI is InChI=1S/C16H16INO/c1-11-7-6-10-14(15(11)17)16(19)18-12(2)13-8-4-3-5-9-13/h3-10,12H,1-2H3,(H,18,19)/t12-/m1/s1. The highest BCUT2D eigenvalue weighted by Gasteiger charge is 2.14. The Kier molecular flexibility index (Phi) is 4.58. The van der Waals surface area contributed by atoms with E-state index in [2.05, 4.69) is 27.9 Å². The molecular weight excluding hydrogens is 349 g/mol. The first-order chi connectivity index (χ1) is 9.09. The van der Waals surface area contributed by atoms with Gasteiger partial charge in [-0.25, -0.2) is 0 Å². The van der Waals surface area contributed by atoms with Gasteiger partial charge in [0.2, 0.25) is 0 Å². The molecule has 3 heteroatoms. The maximum atomic E-state index is 12.3. The van der Waals surface area contributed by atoms with Gasteiger partial charge in [-0.1, -0.05) is 42.5 Å². The van der Waals surface area contributed by atoms with E-state index in [4.69, 9.17) is 0 Å². The van der Waals surface area contributed by atoms with Crippen LogP contribution in [-0.4, -0.2) is 5.91 Å². The lowest BCUT2D eigenvalue weighted by atomic mass is 10.1. The number of hydrogen-bond donors (Lipinski definition) is 1. The van der Waals surface area contributed by atoms with E-state index in [1.54, 1.807) is 0 Å². The Morgan fingerprint density at radius 1 is 1.11 bits per heavy atom.